The minimum Gasteiger partial charge on any atom is -0.486 e. The molecule has 0 amide bonds. The standard InChI is InChI=1S/C17H28O2SSi/c1-12(2)21(13(3)4,14(5)6)20-16-9-7-8-15-17(16)19-11-10-18-15/h7-9,12-14H,10-11H2,1-6H3. The second kappa shape index (κ2) is 6.65. The van der Waals surface area contributed by atoms with Crippen molar-refractivity contribution in [1.82, 2.24) is 0 Å². The van der Waals surface area contributed by atoms with Gasteiger partial charge in [0.1, 0.15) is 20.4 Å². The second-order valence-corrected chi connectivity index (χ2v) is 15.2. The van der Waals surface area contributed by atoms with Crippen LogP contribution in [0, 0.1) is 0 Å². The third kappa shape index (κ3) is 3.11. The summed E-state index contributed by atoms with van der Waals surface area (Å²) < 4.78 is 11.7. The minimum atomic E-state index is -1.55. The van der Waals surface area contributed by atoms with Crippen LogP contribution in [0.3, 0.4) is 0 Å². The normalized spacial score (nSPS) is 15.1. The van der Waals surface area contributed by atoms with Gasteiger partial charge < -0.3 is 9.47 Å². The van der Waals surface area contributed by atoms with Gasteiger partial charge in [-0.05, 0) is 28.8 Å². The molecule has 2 nitrogen and oxygen atoms in total. The van der Waals surface area contributed by atoms with Crippen LogP contribution >= 0.6 is 11.2 Å². The first-order chi connectivity index (χ1) is 9.89. The fourth-order valence-electron chi connectivity index (χ4n) is 3.67. The number of fused-ring (bicyclic) bond motifs is 1. The Balaban J connectivity index is 2.42. The largest absolute Gasteiger partial charge is 0.486 e. The monoisotopic (exact) mass is 324 g/mol. The summed E-state index contributed by atoms with van der Waals surface area (Å²) in [6, 6.07) is 6.31. The van der Waals surface area contributed by atoms with E-state index >= 15 is 0 Å². The van der Waals surface area contributed by atoms with E-state index in [0.29, 0.717) is 13.2 Å². The van der Waals surface area contributed by atoms with Crippen molar-refractivity contribution in [2.24, 2.45) is 0 Å². The van der Waals surface area contributed by atoms with Gasteiger partial charge >= 0.3 is 0 Å². The Morgan fingerprint density at radius 2 is 1.48 bits per heavy atom. The average Bonchev–Trinajstić information content (AvgIpc) is 2.43. The summed E-state index contributed by atoms with van der Waals surface area (Å²) in [6.07, 6.45) is 0. The molecule has 4 heteroatoms. The molecule has 0 atom stereocenters. The lowest BCUT2D eigenvalue weighted by Gasteiger charge is -2.42. The lowest BCUT2D eigenvalue weighted by atomic mass is 10.3. The van der Waals surface area contributed by atoms with Crippen molar-refractivity contribution in [3.8, 4) is 11.5 Å². The van der Waals surface area contributed by atoms with E-state index in [1.54, 1.807) is 0 Å². The van der Waals surface area contributed by atoms with Crippen LogP contribution in [0.1, 0.15) is 41.5 Å². The molecule has 1 heterocycles. The quantitative estimate of drug-likeness (QED) is 0.645. The van der Waals surface area contributed by atoms with Crippen molar-refractivity contribution < 1.29 is 9.47 Å². The van der Waals surface area contributed by atoms with Crippen molar-refractivity contribution in [3.05, 3.63) is 18.2 Å². The zero-order valence-corrected chi connectivity index (χ0v) is 15.9. The molecular weight excluding hydrogens is 296 g/mol. The number of rotatable bonds is 5. The highest BCUT2D eigenvalue weighted by Gasteiger charge is 2.44. The molecule has 1 aliphatic heterocycles. The zero-order chi connectivity index (χ0) is 15.6. The van der Waals surface area contributed by atoms with Crippen molar-refractivity contribution in [2.45, 2.75) is 63.1 Å². The molecule has 0 aliphatic carbocycles. The van der Waals surface area contributed by atoms with E-state index < -0.39 is 7.22 Å². The minimum absolute atomic E-state index is 0.655. The van der Waals surface area contributed by atoms with Gasteiger partial charge in [-0.15, -0.1) is 11.2 Å². The number of hydrogen-bond acceptors (Lipinski definition) is 3. The van der Waals surface area contributed by atoms with Gasteiger partial charge in [-0.1, -0.05) is 47.6 Å². The number of ether oxygens (including phenoxy) is 2. The highest BCUT2D eigenvalue weighted by molar-refractivity contribution is 8.29. The van der Waals surface area contributed by atoms with Crippen molar-refractivity contribution in [2.75, 3.05) is 13.2 Å². The molecule has 1 aromatic carbocycles. The molecule has 2 rings (SSSR count). The van der Waals surface area contributed by atoms with Crippen LogP contribution in [0.4, 0.5) is 0 Å². The van der Waals surface area contributed by atoms with E-state index in [2.05, 4.69) is 64.9 Å². The summed E-state index contributed by atoms with van der Waals surface area (Å²) in [7, 11) is -1.55. The van der Waals surface area contributed by atoms with Gasteiger partial charge in [0.2, 0.25) is 0 Å². The van der Waals surface area contributed by atoms with Crippen LogP contribution in [-0.4, -0.2) is 20.4 Å². The molecule has 21 heavy (non-hydrogen) atoms. The fourth-order valence-corrected chi connectivity index (χ4v) is 12.9. The molecule has 0 spiro atoms. The maximum atomic E-state index is 5.92. The van der Waals surface area contributed by atoms with E-state index in [0.717, 1.165) is 28.1 Å². The predicted molar refractivity (Wildman–Crippen MR) is 94.3 cm³/mol. The van der Waals surface area contributed by atoms with Crippen LogP contribution in [-0.2, 0) is 0 Å². The molecule has 118 valence electrons. The zero-order valence-electron chi connectivity index (χ0n) is 14.1. The maximum Gasteiger partial charge on any atom is 0.174 e. The molecule has 0 unspecified atom stereocenters. The summed E-state index contributed by atoms with van der Waals surface area (Å²) in [5.74, 6) is 1.87. The van der Waals surface area contributed by atoms with E-state index in [4.69, 9.17) is 9.47 Å². The molecule has 0 saturated carbocycles. The Morgan fingerprint density at radius 3 is 2.05 bits per heavy atom. The maximum absolute atomic E-state index is 5.92. The molecule has 0 bridgehead atoms. The Bertz CT molecular complexity index is 464. The van der Waals surface area contributed by atoms with Crippen molar-refractivity contribution in [3.63, 3.8) is 0 Å². The lowest BCUT2D eigenvalue weighted by Crippen LogP contribution is -2.41. The number of para-hydroxylation sites is 1. The third-order valence-corrected chi connectivity index (χ3v) is 16.8. The summed E-state index contributed by atoms with van der Waals surface area (Å²) in [5, 5.41) is 0. The summed E-state index contributed by atoms with van der Waals surface area (Å²) in [6.45, 7) is 15.7. The molecule has 0 saturated heterocycles. The fraction of sp³-hybridized carbons (Fsp3) is 0.647. The molecule has 0 N–H and O–H groups in total. The van der Waals surface area contributed by atoms with Gasteiger partial charge in [-0.3, -0.25) is 0 Å². The average molecular weight is 325 g/mol. The summed E-state index contributed by atoms with van der Waals surface area (Å²) in [4.78, 5) is 1.27. The lowest BCUT2D eigenvalue weighted by molar-refractivity contribution is 0.167. The van der Waals surface area contributed by atoms with Crippen LogP contribution < -0.4 is 9.47 Å². The van der Waals surface area contributed by atoms with Crippen LogP contribution in [0.15, 0.2) is 23.1 Å². The van der Waals surface area contributed by atoms with Crippen LogP contribution in [0.2, 0.25) is 16.6 Å². The molecule has 1 aliphatic rings. The van der Waals surface area contributed by atoms with E-state index in [-0.39, 0.29) is 0 Å². The first-order valence-electron chi connectivity index (χ1n) is 7.97. The van der Waals surface area contributed by atoms with Gasteiger partial charge in [0.15, 0.2) is 11.5 Å². The molecule has 0 fully saturated rings. The van der Waals surface area contributed by atoms with E-state index in [9.17, 15) is 0 Å². The number of benzene rings is 1. The highest BCUT2D eigenvalue weighted by atomic mass is 32.4. The van der Waals surface area contributed by atoms with Gasteiger partial charge in [-0.2, -0.15) is 0 Å². The first kappa shape index (κ1) is 16.8. The highest BCUT2D eigenvalue weighted by Crippen LogP contribution is 2.54. The molecule has 0 radical (unpaired) electrons. The van der Waals surface area contributed by atoms with Gasteiger partial charge in [0.25, 0.3) is 0 Å². The van der Waals surface area contributed by atoms with E-state index in [1.165, 1.54) is 4.90 Å². The van der Waals surface area contributed by atoms with Crippen LogP contribution in [0.5, 0.6) is 11.5 Å². The Kier molecular flexibility index (Phi) is 5.31. The smallest absolute Gasteiger partial charge is 0.174 e. The first-order valence-corrected chi connectivity index (χ1v) is 11.7. The Hall–Kier alpha value is -0.613. The number of hydrogen-bond donors (Lipinski definition) is 0. The second-order valence-electron chi connectivity index (χ2n) is 6.70. The van der Waals surface area contributed by atoms with Gasteiger partial charge in [0.05, 0.1) is 0 Å². The summed E-state index contributed by atoms with van der Waals surface area (Å²) in [5.41, 5.74) is 2.17. The van der Waals surface area contributed by atoms with Crippen LogP contribution in [0.25, 0.3) is 0 Å². The predicted octanol–water partition coefficient (Wildman–Crippen LogP) is 5.73. The SMILES string of the molecule is CC(C)[Si](Sc1cccc2c1OCCO2)(C(C)C)C(C)C. The topological polar surface area (TPSA) is 18.5 Å². The Labute approximate surface area is 134 Å². The van der Waals surface area contributed by atoms with Gasteiger partial charge in [0, 0.05) is 4.90 Å². The third-order valence-electron chi connectivity index (χ3n) is 4.52. The van der Waals surface area contributed by atoms with Crippen molar-refractivity contribution in [1.29, 1.82) is 0 Å². The molecule has 1 aromatic rings. The van der Waals surface area contributed by atoms with Gasteiger partial charge in [-0.25, -0.2) is 0 Å². The van der Waals surface area contributed by atoms with E-state index in [1.807, 2.05) is 6.07 Å². The van der Waals surface area contributed by atoms with Crippen molar-refractivity contribution >= 4 is 18.4 Å². The Morgan fingerprint density at radius 1 is 0.905 bits per heavy atom. The molecular formula is C17H28O2SSi. The summed E-state index contributed by atoms with van der Waals surface area (Å²) >= 11 is 2.11. The molecule has 0 aromatic heterocycles.